The van der Waals surface area contributed by atoms with E-state index in [1.54, 1.807) is 22.1 Å². The van der Waals surface area contributed by atoms with E-state index in [0.29, 0.717) is 37.5 Å². The van der Waals surface area contributed by atoms with Crippen molar-refractivity contribution >= 4 is 40.1 Å². The normalized spacial score (nSPS) is 14.0. The molecule has 0 radical (unpaired) electrons. The van der Waals surface area contributed by atoms with Crippen LogP contribution in [0.2, 0.25) is 0 Å². The molecule has 11 heteroatoms. The molecule has 11 nitrogen and oxygen atoms in total. The van der Waals surface area contributed by atoms with Crippen molar-refractivity contribution in [3.8, 4) is 0 Å². The molecule has 1 amide bonds. The minimum absolute atomic E-state index is 0.277. The van der Waals surface area contributed by atoms with Crippen LogP contribution in [0.4, 0.5) is 22.1 Å². The van der Waals surface area contributed by atoms with Crippen LogP contribution in [0.25, 0.3) is 16.7 Å². The van der Waals surface area contributed by atoms with Gasteiger partial charge in [0.15, 0.2) is 11.5 Å². The smallest absolute Gasteiger partial charge is 0.410 e. The third-order valence-electron chi connectivity index (χ3n) is 7.07. The first-order chi connectivity index (χ1) is 19.7. The summed E-state index contributed by atoms with van der Waals surface area (Å²) >= 11 is 0. The Labute approximate surface area is 238 Å². The fourth-order valence-corrected chi connectivity index (χ4v) is 4.94. The average molecular weight is 552 g/mol. The lowest BCUT2D eigenvalue weighted by atomic mass is 10.0. The van der Waals surface area contributed by atoms with E-state index in [1.807, 2.05) is 39.1 Å². The van der Waals surface area contributed by atoms with Crippen LogP contribution in [0.5, 0.6) is 0 Å². The second-order valence-corrected chi connectivity index (χ2v) is 11.3. The van der Waals surface area contributed by atoms with E-state index in [-0.39, 0.29) is 6.09 Å². The van der Waals surface area contributed by atoms with E-state index in [9.17, 15) is 4.79 Å². The Morgan fingerprint density at radius 2 is 1.80 bits per heavy atom. The molecule has 1 aromatic carbocycles. The minimum Gasteiger partial charge on any atom is -0.444 e. The van der Waals surface area contributed by atoms with Crippen LogP contribution in [0.1, 0.15) is 37.5 Å². The number of hydrogen-bond acceptors (Lipinski definition) is 9. The van der Waals surface area contributed by atoms with E-state index in [0.717, 1.165) is 29.1 Å². The van der Waals surface area contributed by atoms with Crippen LogP contribution in [-0.4, -0.2) is 72.3 Å². The summed E-state index contributed by atoms with van der Waals surface area (Å²) in [6.07, 6.45) is 5.57. The molecule has 5 heterocycles. The van der Waals surface area contributed by atoms with Crippen molar-refractivity contribution in [2.45, 2.75) is 39.7 Å². The van der Waals surface area contributed by atoms with Gasteiger partial charge in [-0.2, -0.15) is 5.10 Å². The zero-order valence-electron chi connectivity index (χ0n) is 23.7. The number of fused-ring (bicyclic) bond motifs is 2. The molecule has 1 aliphatic heterocycles. The third-order valence-corrected chi connectivity index (χ3v) is 7.07. The molecule has 0 unspecified atom stereocenters. The monoisotopic (exact) mass is 551 g/mol. The summed E-state index contributed by atoms with van der Waals surface area (Å²) in [6, 6.07) is 14.4. The SMILES string of the molecule is Cc1cc(Nc2ncnc3ccc(N4CCN(C(=O)OC(C)(C)C)CC4)nc23)ccc1Cc1ccn2ncnc2c1. The number of aromatic nitrogens is 6. The molecule has 1 fully saturated rings. The molecule has 0 aliphatic carbocycles. The van der Waals surface area contributed by atoms with Gasteiger partial charge in [-0.25, -0.2) is 29.2 Å². The minimum atomic E-state index is -0.510. The number of carbonyl (C=O) groups is 1. The first kappa shape index (κ1) is 26.4. The number of carbonyl (C=O) groups excluding carboxylic acids is 1. The summed E-state index contributed by atoms with van der Waals surface area (Å²) in [5, 5.41) is 7.62. The van der Waals surface area contributed by atoms with Crippen molar-refractivity contribution in [3.05, 3.63) is 78.0 Å². The average Bonchev–Trinajstić information content (AvgIpc) is 3.42. The van der Waals surface area contributed by atoms with E-state index in [1.165, 1.54) is 16.7 Å². The van der Waals surface area contributed by atoms with Gasteiger partial charge in [0.2, 0.25) is 0 Å². The number of nitrogens with one attached hydrogen (secondary N) is 1. The maximum Gasteiger partial charge on any atom is 0.410 e. The summed E-state index contributed by atoms with van der Waals surface area (Å²) < 4.78 is 7.29. The molecule has 0 bridgehead atoms. The number of aryl methyl sites for hydroxylation is 1. The van der Waals surface area contributed by atoms with Crippen molar-refractivity contribution in [2.75, 3.05) is 36.4 Å². The Balaban J connectivity index is 1.17. The number of anilines is 3. The van der Waals surface area contributed by atoms with Gasteiger partial charge in [0.1, 0.15) is 29.6 Å². The fraction of sp³-hybridized carbons (Fsp3) is 0.333. The predicted molar refractivity (Wildman–Crippen MR) is 158 cm³/mol. The topological polar surface area (TPSA) is 114 Å². The van der Waals surface area contributed by atoms with Crippen molar-refractivity contribution in [1.82, 2.24) is 34.4 Å². The van der Waals surface area contributed by atoms with Crippen LogP contribution in [0, 0.1) is 6.92 Å². The van der Waals surface area contributed by atoms with Crippen LogP contribution in [0.3, 0.4) is 0 Å². The number of rotatable bonds is 5. The number of piperazine rings is 1. The summed E-state index contributed by atoms with van der Waals surface area (Å²) in [7, 11) is 0. The molecular formula is C30H33N9O2. The van der Waals surface area contributed by atoms with Crippen LogP contribution < -0.4 is 10.2 Å². The largest absolute Gasteiger partial charge is 0.444 e. The highest BCUT2D eigenvalue weighted by Gasteiger charge is 2.26. The van der Waals surface area contributed by atoms with Gasteiger partial charge in [-0.15, -0.1) is 0 Å². The number of amides is 1. The molecule has 4 aromatic heterocycles. The number of pyridine rings is 2. The molecule has 0 spiro atoms. The van der Waals surface area contributed by atoms with Crippen LogP contribution >= 0.6 is 0 Å². The second kappa shape index (κ2) is 10.6. The zero-order chi connectivity index (χ0) is 28.6. The first-order valence-corrected chi connectivity index (χ1v) is 13.7. The Kier molecular flexibility index (Phi) is 6.86. The van der Waals surface area contributed by atoms with Gasteiger partial charge in [0.25, 0.3) is 0 Å². The Hall–Kier alpha value is -4.80. The van der Waals surface area contributed by atoms with Crippen molar-refractivity contribution in [3.63, 3.8) is 0 Å². The Morgan fingerprint density at radius 3 is 2.59 bits per heavy atom. The van der Waals surface area contributed by atoms with Crippen molar-refractivity contribution in [1.29, 1.82) is 0 Å². The van der Waals surface area contributed by atoms with Gasteiger partial charge in [-0.3, -0.25) is 0 Å². The van der Waals surface area contributed by atoms with Gasteiger partial charge in [0.05, 0.1) is 5.52 Å². The number of benzene rings is 1. The number of ether oxygens (including phenoxy) is 1. The van der Waals surface area contributed by atoms with E-state index >= 15 is 0 Å². The van der Waals surface area contributed by atoms with Crippen LogP contribution in [0.15, 0.2) is 61.3 Å². The van der Waals surface area contributed by atoms with Crippen molar-refractivity contribution in [2.24, 2.45) is 0 Å². The van der Waals surface area contributed by atoms with Crippen molar-refractivity contribution < 1.29 is 9.53 Å². The maximum absolute atomic E-state index is 12.5. The lowest BCUT2D eigenvalue weighted by Crippen LogP contribution is -2.50. The summed E-state index contributed by atoms with van der Waals surface area (Å²) in [6.45, 7) is 10.2. The zero-order valence-corrected chi connectivity index (χ0v) is 23.7. The Morgan fingerprint density at radius 1 is 0.976 bits per heavy atom. The first-order valence-electron chi connectivity index (χ1n) is 13.7. The highest BCUT2D eigenvalue weighted by molar-refractivity contribution is 5.88. The predicted octanol–water partition coefficient (Wildman–Crippen LogP) is 4.77. The Bertz CT molecular complexity index is 1720. The molecule has 41 heavy (non-hydrogen) atoms. The maximum atomic E-state index is 12.5. The lowest BCUT2D eigenvalue weighted by Gasteiger charge is -2.36. The van der Waals surface area contributed by atoms with Gasteiger partial charge in [-0.1, -0.05) is 6.07 Å². The van der Waals surface area contributed by atoms with E-state index in [4.69, 9.17) is 9.72 Å². The molecule has 1 saturated heterocycles. The summed E-state index contributed by atoms with van der Waals surface area (Å²) in [5.74, 6) is 1.48. The van der Waals surface area contributed by atoms with Gasteiger partial charge < -0.3 is 19.9 Å². The quantitative estimate of drug-likeness (QED) is 0.330. The molecule has 5 aromatic rings. The lowest BCUT2D eigenvalue weighted by molar-refractivity contribution is 0.0240. The standard InChI is InChI=1S/C30H33N9O2/c1-20-15-23(6-5-22(20)16-21-9-10-39-26(17-21)32-19-34-39)35-28-27-24(31-18-33-28)7-8-25(36-27)37-11-13-38(14-12-37)29(40)41-30(2,3)4/h5-10,15,17-19H,11-14,16H2,1-4H3,(H,31,33,35). The molecule has 6 rings (SSSR count). The number of nitrogens with zero attached hydrogens (tertiary/aromatic N) is 8. The van der Waals surface area contributed by atoms with E-state index in [2.05, 4.69) is 67.5 Å². The van der Waals surface area contributed by atoms with Crippen LogP contribution in [-0.2, 0) is 11.2 Å². The number of hydrogen-bond donors (Lipinski definition) is 1. The molecule has 0 saturated carbocycles. The highest BCUT2D eigenvalue weighted by Crippen LogP contribution is 2.27. The summed E-state index contributed by atoms with van der Waals surface area (Å²) in [5.41, 5.74) is 6.30. The van der Waals surface area contributed by atoms with Gasteiger partial charge >= 0.3 is 6.09 Å². The van der Waals surface area contributed by atoms with Gasteiger partial charge in [0, 0.05) is 38.1 Å². The fourth-order valence-electron chi connectivity index (χ4n) is 4.94. The van der Waals surface area contributed by atoms with Gasteiger partial charge in [-0.05, 0) is 87.2 Å². The molecule has 1 aliphatic rings. The summed E-state index contributed by atoms with van der Waals surface area (Å²) in [4.78, 5) is 34.5. The molecule has 0 atom stereocenters. The highest BCUT2D eigenvalue weighted by atomic mass is 16.6. The molecule has 210 valence electrons. The second-order valence-electron chi connectivity index (χ2n) is 11.3. The van der Waals surface area contributed by atoms with E-state index < -0.39 is 5.60 Å². The molecular weight excluding hydrogens is 518 g/mol. The third kappa shape index (κ3) is 5.88. The molecule has 1 N–H and O–H groups in total.